The molecule has 0 spiro atoms. The predicted octanol–water partition coefficient (Wildman–Crippen LogP) is -0.316. The molecule has 0 unspecified atom stereocenters. The molecule has 1 aromatic heterocycles. The number of aromatic nitrogens is 2. The molecule has 19 heavy (non-hydrogen) atoms. The van der Waals surface area contributed by atoms with Crippen LogP contribution in [0.2, 0.25) is 0 Å². The van der Waals surface area contributed by atoms with Crippen LogP contribution in [-0.2, 0) is 9.53 Å². The lowest BCUT2D eigenvalue weighted by atomic mass is 9.99. The minimum absolute atomic E-state index is 0.104. The van der Waals surface area contributed by atoms with Crippen molar-refractivity contribution in [3.8, 4) is 0 Å². The zero-order valence-electron chi connectivity index (χ0n) is 10.2. The van der Waals surface area contributed by atoms with Crippen LogP contribution in [0.4, 0.5) is 5.82 Å². The van der Waals surface area contributed by atoms with Gasteiger partial charge in [-0.3, -0.25) is 9.36 Å². The normalized spacial score (nSPS) is 30.5. The Bertz CT molecular complexity index is 547. The Morgan fingerprint density at radius 3 is 2.89 bits per heavy atom. The molecule has 1 aliphatic rings. The fraction of sp³-hybridized carbons (Fsp3) is 0.545. The van der Waals surface area contributed by atoms with Crippen LogP contribution in [-0.4, -0.2) is 38.0 Å². The summed E-state index contributed by atoms with van der Waals surface area (Å²) in [5, 5.41) is 9.22. The first-order valence-electron chi connectivity index (χ1n) is 5.71. The van der Waals surface area contributed by atoms with Gasteiger partial charge in [-0.1, -0.05) is 15.9 Å². The van der Waals surface area contributed by atoms with E-state index in [2.05, 4.69) is 20.9 Å². The molecular formula is C11H14BrN3O4. The Labute approximate surface area is 117 Å². The number of Topliss-reactive ketones (excluding diaryl/α,β-unsaturated/α-hetero) is 1. The fourth-order valence-corrected chi connectivity index (χ4v) is 3.08. The van der Waals surface area contributed by atoms with Crippen molar-refractivity contribution in [1.29, 1.82) is 0 Å². The third-order valence-corrected chi connectivity index (χ3v) is 4.25. The molecule has 104 valence electrons. The summed E-state index contributed by atoms with van der Waals surface area (Å²) in [5.41, 5.74) is 4.83. The number of aliphatic hydroxyl groups is 1. The Morgan fingerprint density at radius 1 is 1.68 bits per heavy atom. The summed E-state index contributed by atoms with van der Waals surface area (Å²) in [6, 6.07) is 1.46. The van der Waals surface area contributed by atoms with Gasteiger partial charge in [0, 0.05) is 6.20 Å². The number of nitrogens with two attached hydrogens (primary N) is 1. The van der Waals surface area contributed by atoms with Crippen molar-refractivity contribution in [3.63, 3.8) is 0 Å². The van der Waals surface area contributed by atoms with Crippen molar-refractivity contribution in [2.24, 2.45) is 5.92 Å². The SMILES string of the molecule is CC(=O)[C@@H]1[C@H](Br)[C@@H](CO)O[C@H]1n1ccc(N)nc1=O. The lowest BCUT2D eigenvalue weighted by molar-refractivity contribution is -0.124. The largest absolute Gasteiger partial charge is 0.394 e. The molecule has 2 rings (SSSR count). The molecular weight excluding hydrogens is 318 g/mol. The van der Waals surface area contributed by atoms with E-state index in [0.717, 1.165) is 0 Å². The Morgan fingerprint density at radius 2 is 2.37 bits per heavy atom. The van der Waals surface area contributed by atoms with Crippen LogP contribution < -0.4 is 11.4 Å². The number of nitrogens with zero attached hydrogens (tertiary/aromatic N) is 2. The van der Waals surface area contributed by atoms with Crippen LogP contribution in [0.25, 0.3) is 0 Å². The van der Waals surface area contributed by atoms with Gasteiger partial charge in [-0.15, -0.1) is 0 Å². The van der Waals surface area contributed by atoms with Crippen molar-refractivity contribution in [2.45, 2.75) is 24.1 Å². The molecule has 2 heterocycles. The maximum absolute atomic E-state index is 11.8. The highest BCUT2D eigenvalue weighted by Gasteiger charge is 2.46. The number of ketones is 1. The smallest absolute Gasteiger partial charge is 0.351 e. The average Bonchev–Trinajstić information content (AvgIpc) is 2.66. The first-order chi connectivity index (χ1) is 8.95. The van der Waals surface area contributed by atoms with Crippen LogP contribution in [0.1, 0.15) is 13.2 Å². The molecule has 1 saturated heterocycles. The molecule has 1 aromatic rings. The standard InChI is InChI=1S/C11H14BrN3O4/c1-5(17)8-9(12)6(4-16)19-10(8)15-3-2-7(13)14-11(15)18/h2-3,6,8-10,16H,4H2,1H3,(H2,13,14,18)/t6-,8-,9-,10-/m1/s1. The molecule has 0 bridgehead atoms. The van der Waals surface area contributed by atoms with Crippen molar-refractivity contribution >= 4 is 27.5 Å². The first kappa shape index (κ1) is 14.2. The molecule has 4 atom stereocenters. The maximum atomic E-state index is 11.8. The van der Waals surface area contributed by atoms with E-state index < -0.39 is 23.9 Å². The number of hydrogen-bond acceptors (Lipinski definition) is 6. The highest BCUT2D eigenvalue weighted by Crippen LogP contribution is 2.38. The number of rotatable bonds is 3. The second kappa shape index (κ2) is 5.40. The summed E-state index contributed by atoms with van der Waals surface area (Å²) in [5.74, 6) is -0.598. The predicted molar refractivity (Wildman–Crippen MR) is 70.8 cm³/mol. The monoisotopic (exact) mass is 331 g/mol. The van der Waals surface area contributed by atoms with Gasteiger partial charge in [-0.05, 0) is 13.0 Å². The second-order valence-corrected chi connectivity index (χ2v) is 5.43. The number of halogens is 1. The molecule has 8 heteroatoms. The van der Waals surface area contributed by atoms with E-state index in [1.165, 1.54) is 23.8 Å². The third-order valence-electron chi connectivity index (χ3n) is 3.09. The van der Waals surface area contributed by atoms with E-state index in [4.69, 9.17) is 10.5 Å². The molecule has 0 aliphatic carbocycles. The van der Waals surface area contributed by atoms with E-state index in [1.807, 2.05) is 0 Å². The van der Waals surface area contributed by atoms with Gasteiger partial charge in [0.1, 0.15) is 17.8 Å². The number of ether oxygens (including phenoxy) is 1. The van der Waals surface area contributed by atoms with Gasteiger partial charge in [0.25, 0.3) is 0 Å². The Kier molecular flexibility index (Phi) is 4.02. The molecule has 0 amide bonds. The van der Waals surface area contributed by atoms with E-state index in [0.29, 0.717) is 0 Å². The van der Waals surface area contributed by atoms with Crippen LogP contribution in [0.3, 0.4) is 0 Å². The zero-order valence-corrected chi connectivity index (χ0v) is 11.8. The van der Waals surface area contributed by atoms with Crippen molar-refractivity contribution < 1.29 is 14.6 Å². The summed E-state index contributed by atoms with van der Waals surface area (Å²) in [7, 11) is 0. The average molecular weight is 332 g/mol. The molecule has 0 radical (unpaired) electrons. The summed E-state index contributed by atoms with van der Waals surface area (Å²) in [6.07, 6.45) is 0.0908. The number of hydrogen-bond donors (Lipinski definition) is 2. The van der Waals surface area contributed by atoms with Crippen molar-refractivity contribution in [3.05, 3.63) is 22.7 Å². The third kappa shape index (κ3) is 2.56. The summed E-state index contributed by atoms with van der Waals surface area (Å²) < 4.78 is 6.78. The lowest BCUT2D eigenvalue weighted by Crippen LogP contribution is -2.33. The lowest BCUT2D eigenvalue weighted by Gasteiger charge is -2.19. The number of carbonyl (C=O) groups is 1. The first-order valence-corrected chi connectivity index (χ1v) is 6.62. The molecule has 1 aliphatic heterocycles. The minimum Gasteiger partial charge on any atom is -0.394 e. The van der Waals surface area contributed by atoms with Gasteiger partial charge < -0.3 is 15.6 Å². The fourth-order valence-electron chi connectivity index (χ4n) is 2.15. The summed E-state index contributed by atoms with van der Waals surface area (Å²) in [6.45, 7) is 1.18. The zero-order chi connectivity index (χ0) is 14.2. The maximum Gasteiger partial charge on any atom is 0.351 e. The van der Waals surface area contributed by atoms with Gasteiger partial charge in [-0.2, -0.15) is 4.98 Å². The topological polar surface area (TPSA) is 107 Å². The van der Waals surface area contributed by atoms with E-state index in [9.17, 15) is 14.7 Å². The molecule has 7 nitrogen and oxygen atoms in total. The van der Waals surface area contributed by atoms with E-state index in [1.54, 1.807) is 0 Å². The number of nitrogen functional groups attached to an aromatic ring is 1. The van der Waals surface area contributed by atoms with Gasteiger partial charge in [-0.25, -0.2) is 4.79 Å². The van der Waals surface area contributed by atoms with Gasteiger partial charge in [0.05, 0.1) is 23.5 Å². The number of aliphatic hydroxyl groups excluding tert-OH is 1. The molecule has 1 fully saturated rings. The van der Waals surface area contributed by atoms with Gasteiger partial charge in [0.15, 0.2) is 0 Å². The minimum atomic E-state index is -0.792. The molecule has 0 aromatic carbocycles. The summed E-state index contributed by atoms with van der Waals surface area (Å²) >= 11 is 3.34. The van der Waals surface area contributed by atoms with Crippen LogP contribution in [0.5, 0.6) is 0 Å². The quantitative estimate of drug-likeness (QED) is 0.735. The van der Waals surface area contributed by atoms with E-state index in [-0.39, 0.29) is 23.0 Å². The number of anilines is 1. The summed E-state index contributed by atoms with van der Waals surface area (Å²) in [4.78, 5) is 26.8. The number of alkyl halides is 1. The van der Waals surface area contributed by atoms with Gasteiger partial charge >= 0.3 is 5.69 Å². The van der Waals surface area contributed by atoms with E-state index >= 15 is 0 Å². The Hall–Kier alpha value is -1.25. The highest BCUT2D eigenvalue weighted by atomic mass is 79.9. The van der Waals surface area contributed by atoms with Crippen molar-refractivity contribution in [1.82, 2.24) is 9.55 Å². The van der Waals surface area contributed by atoms with Gasteiger partial charge in [0.2, 0.25) is 0 Å². The number of carbonyl (C=O) groups excluding carboxylic acids is 1. The van der Waals surface area contributed by atoms with Crippen LogP contribution in [0.15, 0.2) is 17.1 Å². The van der Waals surface area contributed by atoms with Crippen LogP contribution >= 0.6 is 15.9 Å². The van der Waals surface area contributed by atoms with Crippen molar-refractivity contribution in [2.75, 3.05) is 12.3 Å². The molecule has 0 saturated carbocycles. The van der Waals surface area contributed by atoms with Crippen LogP contribution in [0, 0.1) is 5.92 Å². The second-order valence-electron chi connectivity index (χ2n) is 4.37. The highest BCUT2D eigenvalue weighted by molar-refractivity contribution is 9.09. The Balaban J connectivity index is 2.42. The molecule has 3 N–H and O–H groups in total.